The summed E-state index contributed by atoms with van der Waals surface area (Å²) in [5.74, 6) is 0.983. The number of fused-ring (bicyclic) bond motifs is 12. The summed E-state index contributed by atoms with van der Waals surface area (Å²) in [5, 5.41) is 7.86. The molecule has 2 unspecified atom stereocenters. The number of ether oxygens (including phenoxy) is 1. The molecule has 1 aliphatic heterocycles. The molecule has 9 aromatic carbocycles. The third kappa shape index (κ3) is 5.07. The molecular formula is C58H43NO. The summed E-state index contributed by atoms with van der Waals surface area (Å²) in [4.78, 5) is 2.41. The lowest BCUT2D eigenvalue weighted by atomic mass is 9.76. The Morgan fingerprint density at radius 2 is 0.983 bits per heavy atom. The summed E-state index contributed by atoms with van der Waals surface area (Å²) in [6.45, 7) is 7.07. The molecule has 286 valence electrons. The van der Waals surface area contributed by atoms with E-state index >= 15 is 0 Å². The Morgan fingerprint density at radius 3 is 1.67 bits per heavy atom. The van der Waals surface area contributed by atoms with Crippen LogP contribution in [0.15, 0.2) is 200 Å². The first-order chi connectivity index (χ1) is 29.4. The van der Waals surface area contributed by atoms with Crippen LogP contribution in [0, 0.1) is 0 Å². The van der Waals surface area contributed by atoms with E-state index < -0.39 is 0 Å². The number of hydrogen-bond acceptors (Lipinski definition) is 2. The van der Waals surface area contributed by atoms with Crippen LogP contribution in [0.4, 0.5) is 17.1 Å². The zero-order valence-corrected chi connectivity index (χ0v) is 34.0. The van der Waals surface area contributed by atoms with Crippen molar-refractivity contribution in [3.63, 3.8) is 0 Å². The first-order valence-corrected chi connectivity index (χ1v) is 21.1. The smallest absolute Gasteiger partial charge is 0.132 e. The van der Waals surface area contributed by atoms with Crippen LogP contribution in [0.3, 0.4) is 0 Å². The number of para-hydroxylation sites is 1. The zero-order valence-electron chi connectivity index (χ0n) is 34.0. The topological polar surface area (TPSA) is 12.5 Å². The molecule has 2 heteroatoms. The van der Waals surface area contributed by atoms with E-state index in [2.05, 4.69) is 226 Å². The van der Waals surface area contributed by atoms with Gasteiger partial charge in [0.25, 0.3) is 0 Å². The van der Waals surface area contributed by atoms with Crippen molar-refractivity contribution in [1.29, 1.82) is 0 Å². The van der Waals surface area contributed by atoms with Crippen LogP contribution in [-0.2, 0) is 10.8 Å². The first kappa shape index (κ1) is 34.8. The molecule has 0 N–H and O–H groups in total. The number of anilines is 3. The molecule has 0 radical (unpaired) electrons. The van der Waals surface area contributed by atoms with Crippen LogP contribution < -0.4 is 9.64 Å². The fourth-order valence-electron chi connectivity index (χ4n) is 10.5. The van der Waals surface area contributed by atoms with Crippen LogP contribution in [0.5, 0.6) is 5.75 Å². The molecule has 0 saturated heterocycles. The van der Waals surface area contributed by atoms with Gasteiger partial charge in [0.05, 0.1) is 5.41 Å². The lowest BCUT2D eigenvalue weighted by molar-refractivity contribution is 0.228. The van der Waals surface area contributed by atoms with E-state index in [1.54, 1.807) is 0 Å². The van der Waals surface area contributed by atoms with Gasteiger partial charge in [0.2, 0.25) is 0 Å². The maximum absolute atomic E-state index is 6.67. The van der Waals surface area contributed by atoms with Crippen LogP contribution in [0.25, 0.3) is 65.7 Å². The van der Waals surface area contributed by atoms with Gasteiger partial charge >= 0.3 is 0 Å². The van der Waals surface area contributed by atoms with Crippen molar-refractivity contribution >= 4 is 49.4 Å². The minimum absolute atomic E-state index is 0.000419. The minimum Gasteiger partial charge on any atom is -0.484 e. The molecule has 0 bridgehead atoms. The van der Waals surface area contributed by atoms with Gasteiger partial charge in [-0.15, -0.1) is 0 Å². The van der Waals surface area contributed by atoms with Gasteiger partial charge in [-0.25, -0.2) is 0 Å². The quantitative estimate of drug-likeness (QED) is 0.162. The van der Waals surface area contributed by atoms with Crippen LogP contribution in [-0.4, -0.2) is 6.10 Å². The van der Waals surface area contributed by atoms with Gasteiger partial charge in [-0.1, -0.05) is 159 Å². The Hall–Kier alpha value is -7.16. The molecule has 3 aliphatic rings. The molecule has 2 aliphatic carbocycles. The van der Waals surface area contributed by atoms with E-state index in [4.69, 9.17) is 4.74 Å². The third-order valence-electron chi connectivity index (χ3n) is 13.7. The van der Waals surface area contributed by atoms with Crippen molar-refractivity contribution in [3.05, 3.63) is 217 Å². The Labute approximate surface area is 351 Å². The van der Waals surface area contributed by atoms with E-state index in [1.165, 1.54) is 71.3 Å². The molecule has 2 nitrogen and oxygen atoms in total. The molecule has 60 heavy (non-hydrogen) atoms. The summed E-state index contributed by atoms with van der Waals surface area (Å²) in [6.07, 6.45) is 8.69. The molecule has 2 atom stereocenters. The summed E-state index contributed by atoms with van der Waals surface area (Å²) in [5.41, 5.74) is 14.2. The van der Waals surface area contributed by atoms with E-state index in [0.29, 0.717) is 0 Å². The maximum Gasteiger partial charge on any atom is 0.132 e. The number of allylic oxidation sites excluding steroid dienone is 2. The van der Waals surface area contributed by atoms with Crippen molar-refractivity contribution < 1.29 is 4.74 Å². The molecule has 9 aromatic rings. The summed E-state index contributed by atoms with van der Waals surface area (Å²) >= 11 is 0. The molecule has 1 heterocycles. The van der Waals surface area contributed by atoms with Crippen LogP contribution in [0.2, 0.25) is 0 Å². The normalized spacial score (nSPS) is 17.9. The highest BCUT2D eigenvalue weighted by atomic mass is 16.5. The number of hydrogen-bond donors (Lipinski definition) is 0. The van der Waals surface area contributed by atoms with Gasteiger partial charge in [-0.05, 0) is 133 Å². The van der Waals surface area contributed by atoms with Crippen molar-refractivity contribution in [2.24, 2.45) is 0 Å². The second kappa shape index (κ2) is 12.9. The molecule has 0 saturated carbocycles. The van der Waals surface area contributed by atoms with Gasteiger partial charge in [0.1, 0.15) is 11.9 Å². The van der Waals surface area contributed by atoms with E-state index in [9.17, 15) is 0 Å². The van der Waals surface area contributed by atoms with Crippen LogP contribution in [0.1, 0.15) is 37.5 Å². The Kier molecular flexibility index (Phi) is 7.50. The summed E-state index contributed by atoms with van der Waals surface area (Å²) in [7, 11) is 0. The zero-order chi connectivity index (χ0) is 40.2. The Morgan fingerprint density at radius 1 is 0.417 bits per heavy atom. The molecular weight excluding hydrogens is 727 g/mol. The monoisotopic (exact) mass is 769 g/mol. The fourth-order valence-corrected chi connectivity index (χ4v) is 10.5. The summed E-state index contributed by atoms with van der Waals surface area (Å²) in [6, 6.07) is 65.1. The van der Waals surface area contributed by atoms with E-state index in [0.717, 1.165) is 33.9 Å². The van der Waals surface area contributed by atoms with Crippen molar-refractivity contribution in [3.8, 4) is 39.1 Å². The van der Waals surface area contributed by atoms with Gasteiger partial charge in [-0.3, -0.25) is 0 Å². The number of benzene rings is 9. The molecule has 0 aromatic heterocycles. The lowest BCUT2D eigenvalue weighted by Gasteiger charge is -2.28. The summed E-state index contributed by atoms with van der Waals surface area (Å²) < 4.78 is 6.67. The molecule has 0 fully saturated rings. The Bertz CT molecular complexity index is 3260. The predicted octanol–water partition coefficient (Wildman–Crippen LogP) is 15.4. The Balaban J connectivity index is 0.989. The van der Waals surface area contributed by atoms with Crippen LogP contribution >= 0.6 is 0 Å². The molecule has 0 spiro atoms. The fraction of sp³-hybridized carbons (Fsp3) is 0.103. The standard InChI is InChI=1S/C58H43NO/c1-57(2)53-34-42(31-32-48(53)51-35-49-46-18-9-7-16-44(46)45-17-8-10-19-47(45)50(49)36-54(51)57)59(40-27-23-38(24-28-40)37-14-5-4-6-15-37)41-29-25-39(26-30-41)43-20-13-21-52-56(43)60-55-22-11-12-33-58(52,55)3/h4-36,55H,1-3H3. The first-order valence-electron chi connectivity index (χ1n) is 21.1. The van der Waals surface area contributed by atoms with E-state index in [-0.39, 0.29) is 16.9 Å². The largest absolute Gasteiger partial charge is 0.484 e. The maximum atomic E-state index is 6.67. The van der Waals surface area contributed by atoms with Gasteiger partial charge in [-0.2, -0.15) is 0 Å². The SMILES string of the molecule is CC1(C)c2cc(N(c3ccc(-c4ccccc4)cc3)c3ccc(-c4cccc5c4OC4C=CC=CC54C)cc3)ccc2-c2cc3c4ccccc4c4ccccc4c3cc21. The van der Waals surface area contributed by atoms with Gasteiger partial charge in [0.15, 0.2) is 0 Å². The third-order valence-corrected chi connectivity index (χ3v) is 13.7. The molecule has 12 rings (SSSR count). The van der Waals surface area contributed by atoms with Crippen molar-refractivity contribution in [1.82, 2.24) is 0 Å². The minimum atomic E-state index is -0.208. The molecule has 0 amide bonds. The second-order valence-corrected chi connectivity index (χ2v) is 17.4. The number of rotatable bonds is 5. The van der Waals surface area contributed by atoms with Crippen molar-refractivity contribution in [2.45, 2.75) is 37.7 Å². The number of nitrogens with zero attached hydrogens (tertiary/aromatic N) is 1. The van der Waals surface area contributed by atoms with E-state index in [1.807, 2.05) is 0 Å². The van der Waals surface area contributed by atoms with Crippen molar-refractivity contribution in [2.75, 3.05) is 4.90 Å². The predicted molar refractivity (Wildman–Crippen MR) is 252 cm³/mol. The average Bonchev–Trinajstić information content (AvgIpc) is 3.73. The lowest BCUT2D eigenvalue weighted by Crippen LogP contribution is -2.32. The van der Waals surface area contributed by atoms with Gasteiger partial charge in [0, 0.05) is 33.6 Å². The average molecular weight is 770 g/mol. The highest BCUT2D eigenvalue weighted by molar-refractivity contribution is 6.26. The second-order valence-electron chi connectivity index (χ2n) is 17.4. The highest BCUT2D eigenvalue weighted by Gasteiger charge is 2.44. The van der Waals surface area contributed by atoms with Gasteiger partial charge < -0.3 is 9.64 Å². The highest BCUT2D eigenvalue weighted by Crippen LogP contribution is 2.54.